The molecule has 1 aliphatic heterocycles. The SMILES string of the molecule is Cc1ccc(C2NCC(=O)N2C2CC(C)CC(C)C2)cc1. The van der Waals surface area contributed by atoms with E-state index in [0.29, 0.717) is 24.4 Å². The molecule has 1 amide bonds. The van der Waals surface area contributed by atoms with Crippen LogP contribution in [0.25, 0.3) is 0 Å². The van der Waals surface area contributed by atoms with E-state index in [2.05, 4.69) is 55.3 Å². The molecule has 1 saturated carbocycles. The normalized spacial score (nSPS) is 33.5. The smallest absolute Gasteiger partial charge is 0.238 e. The molecule has 1 aromatic carbocycles. The number of aryl methyl sites for hydroxylation is 1. The quantitative estimate of drug-likeness (QED) is 0.905. The Kier molecular flexibility index (Phi) is 4.03. The van der Waals surface area contributed by atoms with Gasteiger partial charge in [0.15, 0.2) is 0 Å². The van der Waals surface area contributed by atoms with Crippen LogP contribution in [0, 0.1) is 18.8 Å². The highest BCUT2D eigenvalue weighted by atomic mass is 16.2. The second kappa shape index (κ2) is 5.80. The Morgan fingerprint density at radius 2 is 1.67 bits per heavy atom. The van der Waals surface area contributed by atoms with Crippen molar-refractivity contribution in [2.75, 3.05) is 6.54 Å². The topological polar surface area (TPSA) is 32.3 Å². The molecular weight excluding hydrogens is 260 g/mol. The molecule has 1 saturated heterocycles. The van der Waals surface area contributed by atoms with Gasteiger partial charge >= 0.3 is 0 Å². The molecule has 2 aliphatic rings. The first-order chi connectivity index (χ1) is 10.0. The Morgan fingerprint density at radius 1 is 1.05 bits per heavy atom. The second-order valence-corrected chi connectivity index (χ2v) is 7.07. The van der Waals surface area contributed by atoms with Crippen LogP contribution in [0.3, 0.4) is 0 Å². The summed E-state index contributed by atoms with van der Waals surface area (Å²) < 4.78 is 0. The van der Waals surface area contributed by atoms with Gasteiger partial charge in [-0.05, 0) is 43.6 Å². The zero-order valence-corrected chi connectivity index (χ0v) is 13.3. The summed E-state index contributed by atoms with van der Waals surface area (Å²) in [6, 6.07) is 8.94. The standard InChI is InChI=1S/C18H26N2O/c1-12-4-6-15(7-5-12)18-19-11-17(21)20(18)16-9-13(2)8-14(3)10-16/h4-7,13-14,16,18-19H,8-11H2,1-3H3. The highest BCUT2D eigenvalue weighted by Gasteiger charge is 2.39. The number of nitrogens with one attached hydrogen (secondary N) is 1. The maximum Gasteiger partial charge on any atom is 0.238 e. The average Bonchev–Trinajstić information content (AvgIpc) is 2.80. The molecule has 21 heavy (non-hydrogen) atoms. The lowest BCUT2D eigenvalue weighted by molar-refractivity contribution is -0.131. The third kappa shape index (κ3) is 2.98. The number of rotatable bonds is 2. The molecular formula is C18H26N2O. The molecule has 1 aromatic rings. The van der Waals surface area contributed by atoms with Crippen molar-refractivity contribution in [1.29, 1.82) is 0 Å². The zero-order chi connectivity index (χ0) is 15.0. The van der Waals surface area contributed by atoms with Gasteiger partial charge in [-0.25, -0.2) is 0 Å². The number of carbonyl (C=O) groups is 1. The van der Waals surface area contributed by atoms with Crippen molar-refractivity contribution in [3.05, 3.63) is 35.4 Å². The van der Waals surface area contributed by atoms with Crippen molar-refractivity contribution in [3.63, 3.8) is 0 Å². The molecule has 3 atom stereocenters. The van der Waals surface area contributed by atoms with Crippen molar-refractivity contribution >= 4 is 5.91 Å². The van der Waals surface area contributed by atoms with E-state index >= 15 is 0 Å². The van der Waals surface area contributed by atoms with Crippen LogP contribution >= 0.6 is 0 Å². The summed E-state index contributed by atoms with van der Waals surface area (Å²) in [5, 5.41) is 3.40. The summed E-state index contributed by atoms with van der Waals surface area (Å²) in [6.07, 6.45) is 3.63. The summed E-state index contributed by atoms with van der Waals surface area (Å²) in [4.78, 5) is 14.5. The van der Waals surface area contributed by atoms with Gasteiger partial charge in [0.25, 0.3) is 0 Å². The lowest BCUT2D eigenvalue weighted by atomic mass is 9.79. The fourth-order valence-corrected chi connectivity index (χ4v) is 4.09. The van der Waals surface area contributed by atoms with Gasteiger partial charge in [0.05, 0.1) is 6.54 Å². The van der Waals surface area contributed by atoms with E-state index < -0.39 is 0 Å². The fourth-order valence-electron chi connectivity index (χ4n) is 4.09. The van der Waals surface area contributed by atoms with Crippen molar-refractivity contribution in [2.24, 2.45) is 11.8 Å². The number of nitrogens with zero attached hydrogens (tertiary/aromatic N) is 1. The van der Waals surface area contributed by atoms with Gasteiger partial charge in [0.2, 0.25) is 5.91 Å². The van der Waals surface area contributed by atoms with Crippen molar-refractivity contribution in [3.8, 4) is 0 Å². The van der Waals surface area contributed by atoms with Gasteiger partial charge in [0.1, 0.15) is 6.17 Å². The molecule has 0 radical (unpaired) electrons. The Morgan fingerprint density at radius 3 is 2.29 bits per heavy atom. The highest BCUT2D eigenvalue weighted by molar-refractivity contribution is 5.81. The van der Waals surface area contributed by atoms with E-state index in [0.717, 1.165) is 12.8 Å². The molecule has 0 aromatic heterocycles. The van der Waals surface area contributed by atoms with Gasteiger partial charge < -0.3 is 4.90 Å². The van der Waals surface area contributed by atoms with Gasteiger partial charge in [-0.3, -0.25) is 10.1 Å². The minimum absolute atomic E-state index is 0.0561. The summed E-state index contributed by atoms with van der Waals surface area (Å²) in [6.45, 7) is 7.20. The number of hydrogen-bond acceptors (Lipinski definition) is 2. The second-order valence-electron chi connectivity index (χ2n) is 7.07. The lowest BCUT2D eigenvalue weighted by Crippen LogP contribution is -2.43. The van der Waals surface area contributed by atoms with Crippen LogP contribution in [0.2, 0.25) is 0 Å². The number of amides is 1. The van der Waals surface area contributed by atoms with E-state index in [4.69, 9.17) is 0 Å². The van der Waals surface area contributed by atoms with E-state index in [1.165, 1.54) is 17.5 Å². The lowest BCUT2D eigenvalue weighted by Gasteiger charge is -2.40. The molecule has 3 unspecified atom stereocenters. The third-order valence-electron chi connectivity index (χ3n) is 4.95. The predicted octanol–water partition coefficient (Wildman–Crippen LogP) is 3.25. The van der Waals surface area contributed by atoms with E-state index in [9.17, 15) is 4.79 Å². The number of hydrogen-bond donors (Lipinski definition) is 1. The minimum atomic E-state index is 0.0561. The third-order valence-corrected chi connectivity index (χ3v) is 4.95. The van der Waals surface area contributed by atoms with Crippen LogP contribution in [0.5, 0.6) is 0 Å². The fraction of sp³-hybridized carbons (Fsp3) is 0.611. The monoisotopic (exact) mass is 286 g/mol. The molecule has 1 aliphatic carbocycles. The molecule has 114 valence electrons. The van der Waals surface area contributed by atoms with Gasteiger partial charge in [-0.2, -0.15) is 0 Å². The Labute approximate surface area is 127 Å². The largest absolute Gasteiger partial charge is 0.319 e. The number of benzene rings is 1. The number of carbonyl (C=O) groups excluding carboxylic acids is 1. The Hall–Kier alpha value is -1.35. The summed E-state index contributed by atoms with van der Waals surface area (Å²) in [7, 11) is 0. The van der Waals surface area contributed by atoms with Crippen LogP contribution in [0.4, 0.5) is 0 Å². The summed E-state index contributed by atoms with van der Waals surface area (Å²) in [5.74, 6) is 1.68. The molecule has 3 heteroatoms. The van der Waals surface area contributed by atoms with Crippen molar-refractivity contribution in [1.82, 2.24) is 10.2 Å². The Bertz CT molecular complexity index is 500. The maximum absolute atomic E-state index is 12.4. The molecule has 3 rings (SSSR count). The van der Waals surface area contributed by atoms with E-state index in [1.54, 1.807) is 0 Å². The van der Waals surface area contributed by atoms with Crippen LogP contribution in [0.15, 0.2) is 24.3 Å². The Balaban J connectivity index is 1.84. The molecule has 0 bridgehead atoms. The first-order valence-corrected chi connectivity index (χ1v) is 8.15. The first kappa shape index (κ1) is 14.6. The molecule has 0 spiro atoms. The minimum Gasteiger partial charge on any atom is -0.319 e. The van der Waals surface area contributed by atoms with E-state index in [1.807, 2.05) is 0 Å². The summed E-state index contributed by atoms with van der Waals surface area (Å²) in [5.41, 5.74) is 2.46. The molecule has 3 nitrogen and oxygen atoms in total. The highest BCUT2D eigenvalue weighted by Crippen LogP contribution is 2.36. The van der Waals surface area contributed by atoms with Gasteiger partial charge in [0, 0.05) is 6.04 Å². The van der Waals surface area contributed by atoms with Crippen LogP contribution in [0.1, 0.15) is 50.4 Å². The van der Waals surface area contributed by atoms with Crippen LogP contribution in [-0.2, 0) is 4.79 Å². The van der Waals surface area contributed by atoms with Gasteiger partial charge in [-0.1, -0.05) is 43.7 Å². The molecule has 1 N–H and O–H groups in total. The zero-order valence-electron chi connectivity index (χ0n) is 13.3. The molecule has 1 heterocycles. The van der Waals surface area contributed by atoms with E-state index in [-0.39, 0.29) is 12.1 Å². The van der Waals surface area contributed by atoms with Crippen molar-refractivity contribution < 1.29 is 4.79 Å². The van der Waals surface area contributed by atoms with Gasteiger partial charge in [-0.15, -0.1) is 0 Å². The summed E-state index contributed by atoms with van der Waals surface area (Å²) >= 11 is 0. The van der Waals surface area contributed by atoms with Crippen LogP contribution in [-0.4, -0.2) is 23.4 Å². The van der Waals surface area contributed by atoms with Crippen molar-refractivity contribution in [2.45, 2.75) is 52.2 Å². The predicted molar refractivity (Wildman–Crippen MR) is 84.7 cm³/mol. The van der Waals surface area contributed by atoms with Crippen LogP contribution < -0.4 is 5.32 Å². The molecule has 2 fully saturated rings. The average molecular weight is 286 g/mol. The maximum atomic E-state index is 12.4. The first-order valence-electron chi connectivity index (χ1n) is 8.15.